The van der Waals surface area contributed by atoms with Crippen molar-refractivity contribution in [2.75, 3.05) is 0 Å². The number of hydrogen-bond donors (Lipinski definition) is 2. The van der Waals surface area contributed by atoms with E-state index < -0.39 is 23.7 Å². The second-order valence-corrected chi connectivity index (χ2v) is 4.89. The number of carbonyl (C=O) groups is 1. The fourth-order valence-electron chi connectivity index (χ4n) is 1.08. The molecule has 1 aromatic rings. The first kappa shape index (κ1) is 14.0. The van der Waals surface area contributed by atoms with Crippen molar-refractivity contribution in [3.63, 3.8) is 0 Å². The summed E-state index contributed by atoms with van der Waals surface area (Å²) in [6.45, 7) is 2.26. The van der Waals surface area contributed by atoms with Crippen LogP contribution in [0.3, 0.4) is 0 Å². The van der Waals surface area contributed by atoms with Crippen LogP contribution in [0.15, 0.2) is 17.5 Å². The summed E-state index contributed by atoms with van der Waals surface area (Å²) >= 11 is 1.35. The topological polar surface area (TPSA) is 55.1 Å². The summed E-state index contributed by atoms with van der Waals surface area (Å²) in [5.74, 6) is -1.23. The number of nitrogens with one attached hydrogen (secondary N) is 1. The minimum Gasteiger partial charge on any atom is -0.347 e. The molecular formula is C10H13F3N2OS. The van der Waals surface area contributed by atoms with Gasteiger partial charge >= 0.3 is 6.18 Å². The standard InChI is InChI=1S/C10H13F3N2OS/c1-6(7-4-3-5-17-7)15-8(16)9(2,14)10(11,12)13/h3-6H,14H2,1-2H3,(H,15,16)/t6-,9?/m1/s1. The zero-order valence-corrected chi connectivity index (χ0v) is 10.2. The summed E-state index contributed by atoms with van der Waals surface area (Å²) < 4.78 is 37.5. The van der Waals surface area contributed by atoms with Crippen molar-refractivity contribution in [2.45, 2.75) is 31.6 Å². The van der Waals surface area contributed by atoms with E-state index in [1.54, 1.807) is 24.4 Å². The van der Waals surface area contributed by atoms with Gasteiger partial charge in [0, 0.05) is 4.88 Å². The van der Waals surface area contributed by atoms with E-state index in [2.05, 4.69) is 5.32 Å². The molecule has 0 spiro atoms. The maximum Gasteiger partial charge on any atom is 0.415 e. The Morgan fingerprint density at radius 2 is 2.12 bits per heavy atom. The van der Waals surface area contributed by atoms with Gasteiger partial charge in [0.15, 0.2) is 5.54 Å². The van der Waals surface area contributed by atoms with E-state index in [-0.39, 0.29) is 0 Å². The van der Waals surface area contributed by atoms with Gasteiger partial charge < -0.3 is 11.1 Å². The maximum atomic E-state index is 12.5. The summed E-state index contributed by atoms with van der Waals surface area (Å²) in [7, 11) is 0. The van der Waals surface area contributed by atoms with Crippen LogP contribution >= 0.6 is 11.3 Å². The van der Waals surface area contributed by atoms with Gasteiger partial charge in [-0.2, -0.15) is 13.2 Å². The predicted molar refractivity (Wildman–Crippen MR) is 59.5 cm³/mol. The molecule has 1 aromatic heterocycles. The van der Waals surface area contributed by atoms with Gasteiger partial charge in [0.05, 0.1) is 6.04 Å². The number of hydrogen-bond acceptors (Lipinski definition) is 3. The van der Waals surface area contributed by atoms with Crippen molar-refractivity contribution in [3.8, 4) is 0 Å². The van der Waals surface area contributed by atoms with Crippen LogP contribution < -0.4 is 11.1 Å². The van der Waals surface area contributed by atoms with E-state index in [1.165, 1.54) is 11.3 Å². The highest BCUT2D eigenvalue weighted by Crippen LogP contribution is 2.29. The van der Waals surface area contributed by atoms with Crippen LogP contribution in [0.4, 0.5) is 13.2 Å². The summed E-state index contributed by atoms with van der Waals surface area (Å²) in [5, 5.41) is 4.04. The van der Waals surface area contributed by atoms with Crippen LogP contribution in [-0.2, 0) is 4.79 Å². The number of nitrogens with two attached hydrogens (primary N) is 1. The molecule has 1 amide bonds. The molecule has 1 heterocycles. The van der Waals surface area contributed by atoms with Crippen molar-refractivity contribution >= 4 is 17.2 Å². The molecule has 1 unspecified atom stereocenters. The number of carbonyl (C=O) groups excluding carboxylic acids is 1. The average Bonchev–Trinajstić information content (AvgIpc) is 2.68. The van der Waals surface area contributed by atoms with E-state index in [0.717, 1.165) is 4.88 Å². The van der Waals surface area contributed by atoms with E-state index in [9.17, 15) is 18.0 Å². The van der Waals surface area contributed by atoms with Crippen LogP contribution in [-0.4, -0.2) is 17.6 Å². The Balaban J connectivity index is 2.73. The predicted octanol–water partition coefficient (Wildman–Crippen LogP) is 2.21. The lowest BCUT2D eigenvalue weighted by Crippen LogP contribution is -2.61. The third kappa shape index (κ3) is 2.98. The zero-order chi connectivity index (χ0) is 13.3. The van der Waals surface area contributed by atoms with Gasteiger partial charge in [0.2, 0.25) is 5.91 Å². The van der Waals surface area contributed by atoms with Gasteiger partial charge in [-0.05, 0) is 25.3 Å². The van der Waals surface area contributed by atoms with Crippen molar-refractivity contribution in [1.82, 2.24) is 5.32 Å². The van der Waals surface area contributed by atoms with Crippen LogP contribution in [0.5, 0.6) is 0 Å². The lowest BCUT2D eigenvalue weighted by Gasteiger charge is -2.27. The SMILES string of the molecule is C[C@@H](NC(=O)C(C)(N)C(F)(F)F)c1cccs1. The van der Waals surface area contributed by atoms with Gasteiger partial charge in [-0.3, -0.25) is 4.79 Å². The average molecular weight is 266 g/mol. The Labute approximate surface area is 101 Å². The van der Waals surface area contributed by atoms with E-state index in [0.29, 0.717) is 6.92 Å². The molecule has 0 bridgehead atoms. The highest BCUT2D eigenvalue weighted by molar-refractivity contribution is 7.10. The Bertz CT molecular complexity index is 387. The maximum absolute atomic E-state index is 12.5. The van der Waals surface area contributed by atoms with Crippen LogP contribution in [0.1, 0.15) is 24.8 Å². The highest BCUT2D eigenvalue weighted by Gasteiger charge is 2.54. The molecule has 2 atom stereocenters. The molecule has 3 nitrogen and oxygen atoms in total. The quantitative estimate of drug-likeness (QED) is 0.881. The fraction of sp³-hybridized carbons (Fsp3) is 0.500. The number of rotatable bonds is 3. The van der Waals surface area contributed by atoms with E-state index in [1.807, 2.05) is 0 Å². The molecule has 3 N–H and O–H groups in total. The molecule has 0 aromatic carbocycles. The van der Waals surface area contributed by atoms with E-state index >= 15 is 0 Å². The lowest BCUT2D eigenvalue weighted by atomic mass is 10.0. The van der Waals surface area contributed by atoms with Crippen LogP contribution in [0, 0.1) is 0 Å². The fourth-order valence-corrected chi connectivity index (χ4v) is 1.82. The molecule has 0 aliphatic carbocycles. The molecule has 0 radical (unpaired) electrons. The van der Waals surface area contributed by atoms with E-state index in [4.69, 9.17) is 5.73 Å². The molecule has 96 valence electrons. The Hall–Kier alpha value is -1.08. The molecule has 0 saturated heterocycles. The molecule has 7 heteroatoms. The number of amides is 1. The Morgan fingerprint density at radius 1 is 1.53 bits per heavy atom. The molecule has 0 saturated carbocycles. The third-order valence-corrected chi connectivity index (χ3v) is 3.43. The number of thiophene rings is 1. The molecule has 0 fully saturated rings. The van der Waals surface area contributed by atoms with Gasteiger partial charge in [-0.25, -0.2) is 0 Å². The Kier molecular flexibility index (Phi) is 3.83. The smallest absolute Gasteiger partial charge is 0.347 e. The van der Waals surface area contributed by atoms with Crippen molar-refractivity contribution < 1.29 is 18.0 Å². The normalized spacial score (nSPS) is 17.3. The molecular weight excluding hydrogens is 253 g/mol. The molecule has 17 heavy (non-hydrogen) atoms. The highest BCUT2D eigenvalue weighted by atomic mass is 32.1. The lowest BCUT2D eigenvalue weighted by molar-refractivity contribution is -0.187. The van der Waals surface area contributed by atoms with Crippen LogP contribution in [0.2, 0.25) is 0 Å². The van der Waals surface area contributed by atoms with Gasteiger partial charge in [-0.15, -0.1) is 11.3 Å². The molecule has 0 aliphatic rings. The largest absolute Gasteiger partial charge is 0.415 e. The summed E-state index contributed by atoms with van der Waals surface area (Å²) in [6, 6.07) is 3.00. The summed E-state index contributed by atoms with van der Waals surface area (Å²) in [5.41, 5.74) is 2.13. The minimum atomic E-state index is -4.77. The van der Waals surface area contributed by atoms with Crippen molar-refractivity contribution in [2.24, 2.45) is 5.73 Å². The summed E-state index contributed by atoms with van der Waals surface area (Å²) in [4.78, 5) is 12.2. The van der Waals surface area contributed by atoms with Gasteiger partial charge in [-0.1, -0.05) is 6.07 Å². The van der Waals surface area contributed by atoms with Crippen LogP contribution in [0.25, 0.3) is 0 Å². The monoisotopic (exact) mass is 266 g/mol. The number of halogens is 3. The third-order valence-electron chi connectivity index (χ3n) is 2.38. The van der Waals surface area contributed by atoms with Gasteiger partial charge in [0.25, 0.3) is 0 Å². The molecule has 0 aliphatic heterocycles. The van der Waals surface area contributed by atoms with Gasteiger partial charge in [0.1, 0.15) is 0 Å². The first-order valence-electron chi connectivity index (χ1n) is 4.86. The summed E-state index contributed by atoms with van der Waals surface area (Å²) in [6.07, 6.45) is -4.77. The first-order chi connectivity index (χ1) is 7.66. The zero-order valence-electron chi connectivity index (χ0n) is 9.34. The second kappa shape index (κ2) is 4.66. The van der Waals surface area contributed by atoms with Crippen molar-refractivity contribution in [1.29, 1.82) is 0 Å². The number of alkyl halides is 3. The first-order valence-corrected chi connectivity index (χ1v) is 5.74. The second-order valence-electron chi connectivity index (χ2n) is 3.91. The van der Waals surface area contributed by atoms with Crippen molar-refractivity contribution in [3.05, 3.63) is 22.4 Å². The minimum absolute atomic E-state index is 0.493. The Morgan fingerprint density at radius 3 is 2.53 bits per heavy atom. The molecule has 1 rings (SSSR count).